The summed E-state index contributed by atoms with van der Waals surface area (Å²) in [6.45, 7) is 0.509. The van der Waals surface area contributed by atoms with E-state index in [1.807, 2.05) is 0 Å². The van der Waals surface area contributed by atoms with Crippen LogP contribution in [0.25, 0.3) is 0 Å². The Bertz CT molecular complexity index is 492. The zero-order valence-corrected chi connectivity index (χ0v) is 10.5. The molecule has 1 atom stereocenters. The van der Waals surface area contributed by atoms with Gasteiger partial charge in [0.2, 0.25) is 5.91 Å². The van der Waals surface area contributed by atoms with Gasteiger partial charge in [0.25, 0.3) is 0 Å². The second kappa shape index (κ2) is 4.56. The summed E-state index contributed by atoms with van der Waals surface area (Å²) in [7, 11) is 0. The second-order valence-electron chi connectivity index (χ2n) is 5.40. The van der Waals surface area contributed by atoms with Gasteiger partial charge in [-0.15, -0.1) is 0 Å². The molecule has 3 rings (SSSR count). The molecule has 1 aromatic rings. The molecule has 2 aliphatic rings. The number of hydrogen-bond acceptors (Lipinski definition) is 2. The lowest BCUT2D eigenvalue weighted by molar-refractivity contribution is -0.130. The van der Waals surface area contributed by atoms with Gasteiger partial charge >= 0.3 is 0 Å². The van der Waals surface area contributed by atoms with E-state index in [2.05, 4.69) is 10.6 Å². The Kier molecular flexibility index (Phi) is 3.01. The first-order chi connectivity index (χ1) is 9.09. The molecule has 1 aliphatic carbocycles. The molecular weight excluding hydrogens is 250 g/mol. The van der Waals surface area contributed by atoms with Crippen LogP contribution in [-0.4, -0.2) is 18.0 Å². The average Bonchev–Trinajstić information content (AvgIpc) is 2.81. The summed E-state index contributed by atoms with van der Waals surface area (Å²) in [5, 5.41) is 6.16. The highest BCUT2D eigenvalue weighted by atomic mass is 19.1. The van der Waals surface area contributed by atoms with Crippen molar-refractivity contribution in [2.75, 3.05) is 6.54 Å². The third kappa shape index (κ3) is 2.23. The first-order valence-corrected chi connectivity index (χ1v) is 6.61. The number of nitrogens with one attached hydrogen (secondary N) is 2. The van der Waals surface area contributed by atoms with Gasteiger partial charge in [0.1, 0.15) is 11.6 Å². The van der Waals surface area contributed by atoms with E-state index >= 15 is 0 Å². The van der Waals surface area contributed by atoms with Crippen molar-refractivity contribution < 1.29 is 13.6 Å². The molecule has 2 N–H and O–H groups in total. The first kappa shape index (κ1) is 12.5. The van der Waals surface area contributed by atoms with Crippen LogP contribution in [0.2, 0.25) is 0 Å². The Morgan fingerprint density at radius 1 is 1.11 bits per heavy atom. The number of rotatable bonds is 1. The summed E-state index contributed by atoms with van der Waals surface area (Å²) >= 11 is 0. The smallest absolute Gasteiger partial charge is 0.240 e. The van der Waals surface area contributed by atoms with Gasteiger partial charge in [0, 0.05) is 12.6 Å². The minimum Gasteiger partial charge on any atom is -0.346 e. The van der Waals surface area contributed by atoms with E-state index < -0.39 is 17.2 Å². The van der Waals surface area contributed by atoms with Crippen molar-refractivity contribution >= 4 is 5.91 Å². The minimum absolute atomic E-state index is 0.0501. The summed E-state index contributed by atoms with van der Waals surface area (Å²) in [4.78, 5) is 12.2. The molecule has 5 heteroatoms. The quantitative estimate of drug-likeness (QED) is 0.816. The number of amides is 1. The normalized spacial score (nSPS) is 25.6. The monoisotopic (exact) mass is 266 g/mol. The maximum absolute atomic E-state index is 13.2. The van der Waals surface area contributed by atoms with Crippen LogP contribution in [0.5, 0.6) is 0 Å². The van der Waals surface area contributed by atoms with Crippen LogP contribution >= 0.6 is 0 Å². The maximum Gasteiger partial charge on any atom is 0.240 e. The molecule has 1 amide bonds. The fourth-order valence-corrected chi connectivity index (χ4v) is 3.09. The number of halogens is 2. The van der Waals surface area contributed by atoms with E-state index in [1.165, 1.54) is 12.1 Å². The molecule has 1 spiro atoms. The molecule has 3 nitrogen and oxygen atoms in total. The van der Waals surface area contributed by atoms with Crippen LogP contribution in [0, 0.1) is 11.6 Å². The van der Waals surface area contributed by atoms with Crippen molar-refractivity contribution in [3.05, 3.63) is 35.4 Å². The third-order valence-corrected chi connectivity index (χ3v) is 4.13. The summed E-state index contributed by atoms with van der Waals surface area (Å²) in [6, 6.07) is 2.99. The molecule has 0 aromatic heterocycles. The van der Waals surface area contributed by atoms with E-state index in [-0.39, 0.29) is 11.9 Å². The predicted molar refractivity (Wildman–Crippen MR) is 66.4 cm³/mol. The van der Waals surface area contributed by atoms with Crippen LogP contribution in [0.1, 0.15) is 37.3 Å². The predicted octanol–water partition coefficient (Wildman–Crippen LogP) is 2.04. The standard InChI is InChI=1S/C14H16F2N2O/c15-10-5-9(6-11(16)7-10)12-8-17-14(13(19)18-12)3-1-2-4-14/h5-7,12,17H,1-4,8H2,(H,18,19)/t12-/m0/s1. The van der Waals surface area contributed by atoms with Gasteiger partial charge in [0.05, 0.1) is 11.6 Å². The van der Waals surface area contributed by atoms with Crippen molar-refractivity contribution in [2.45, 2.75) is 37.3 Å². The lowest BCUT2D eigenvalue weighted by atomic mass is 9.91. The van der Waals surface area contributed by atoms with Crippen LogP contribution in [0.4, 0.5) is 8.78 Å². The fraction of sp³-hybridized carbons (Fsp3) is 0.500. The lowest BCUT2D eigenvalue weighted by Crippen LogP contribution is -2.62. The number of piperazine rings is 1. The topological polar surface area (TPSA) is 41.1 Å². The second-order valence-corrected chi connectivity index (χ2v) is 5.40. The van der Waals surface area contributed by atoms with Gasteiger partial charge in [-0.1, -0.05) is 12.8 Å². The highest BCUT2D eigenvalue weighted by molar-refractivity contribution is 5.87. The Morgan fingerprint density at radius 3 is 2.32 bits per heavy atom. The van der Waals surface area contributed by atoms with Gasteiger partial charge in [0.15, 0.2) is 0 Å². The summed E-state index contributed by atoms with van der Waals surface area (Å²) in [5.41, 5.74) is 0.00809. The molecule has 0 radical (unpaired) electrons. The van der Waals surface area contributed by atoms with Gasteiger partial charge in [-0.25, -0.2) is 8.78 Å². The average molecular weight is 266 g/mol. The van der Waals surface area contributed by atoms with Crippen LogP contribution < -0.4 is 10.6 Å². The van der Waals surface area contributed by atoms with Gasteiger partial charge < -0.3 is 10.6 Å². The molecule has 2 fully saturated rings. The summed E-state index contributed by atoms with van der Waals surface area (Å²) < 4.78 is 26.4. The third-order valence-electron chi connectivity index (χ3n) is 4.13. The fourth-order valence-electron chi connectivity index (χ4n) is 3.09. The summed E-state index contributed by atoms with van der Waals surface area (Å²) in [6.07, 6.45) is 3.76. The number of hydrogen-bond donors (Lipinski definition) is 2. The van der Waals surface area contributed by atoms with Crippen molar-refractivity contribution in [3.8, 4) is 0 Å². The van der Waals surface area contributed by atoms with Gasteiger partial charge in [-0.3, -0.25) is 4.79 Å². The Balaban J connectivity index is 1.80. The maximum atomic E-state index is 13.2. The van der Waals surface area contributed by atoms with E-state index in [1.54, 1.807) is 0 Å². The van der Waals surface area contributed by atoms with Crippen LogP contribution in [0.3, 0.4) is 0 Å². The first-order valence-electron chi connectivity index (χ1n) is 6.61. The lowest BCUT2D eigenvalue weighted by Gasteiger charge is -2.38. The van der Waals surface area contributed by atoms with Crippen molar-refractivity contribution in [3.63, 3.8) is 0 Å². The SMILES string of the molecule is O=C1N[C@H](c2cc(F)cc(F)c2)CNC12CCCC2. The van der Waals surface area contributed by atoms with Gasteiger partial charge in [-0.05, 0) is 30.5 Å². The molecule has 1 aromatic carbocycles. The Hall–Kier alpha value is -1.49. The highest BCUT2D eigenvalue weighted by Gasteiger charge is 2.44. The molecule has 102 valence electrons. The molecule has 1 heterocycles. The highest BCUT2D eigenvalue weighted by Crippen LogP contribution is 2.33. The van der Waals surface area contributed by atoms with Gasteiger partial charge in [-0.2, -0.15) is 0 Å². The Morgan fingerprint density at radius 2 is 1.74 bits per heavy atom. The molecule has 1 aliphatic heterocycles. The van der Waals surface area contributed by atoms with Crippen molar-refractivity contribution in [1.82, 2.24) is 10.6 Å². The number of benzene rings is 1. The molecule has 19 heavy (non-hydrogen) atoms. The van der Waals surface area contributed by atoms with Crippen LogP contribution in [-0.2, 0) is 4.79 Å². The zero-order valence-electron chi connectivity index (χ0n) is 10.5. The zero-order chi connectivity index (χ0) is 13.5. The molecule has 1 saturated heterocycles. The van der Waals surface area contributed by atoms with E-state index in [9.17, 15) is 13.6 Å². The number of carbonyl (C=O) groups is 1. The van der Waals surface area contributed by atoms with Crippen molar-refractivity contribution in [2.24, 2.45) is 0 Å². The van der Waals surface area contributed by atoms with E-state index in [0.717, 1.165) is 31.7 Å². The minimum atomic E-state index is -0.620. The molecule has 1 saturated carbocycles. The molecule has 0 bridgehead atoms. The van der Waals surface area contributed by atoms with Crippen molar-refractivity contribution in [1.29, 1.82) is 0 Å². The molecule has 0 unspecified atom stereocenters. The largest absolute Gasteiger partial charge is 0.346 e. The molecular formula is C14H16F2N2O. The van der Waals surface area contributed by atoms with Crippen LogP contribution in [0.15, 0.2) is 18.2 Å². The summed E-state index contributed by atoms with van der Waals surface area (Å²) in [5.74, 6) is -1.29. The Labute approximate surface area is 110 Å². The number of carbonyl (C=O) groups excluding carboxylic acids is 1. The van der Waals surface area contributed by atoms with E-state index in [4.69, 9.17) is 0 Å². The van der Waals surface area contributed by atoms with E-state index in [0.29, 0.717) is 12.1 Å².